The van der Waals surface area contributed by atoms with Gasteiger partial charge in [-0.05, 0) is 55.3 Å². The molecule has 0 aliphatic carbocycles. The first-order valence-electron chi connectivity index (χ1n) is 9.37. The Hall–Kier alpha value is -2.92. The molecule has 0 radical (unpaired) electrons. The van der Waals surface area contributed by atoms with Gasteiger partial charge >= 0.3 is 0 Å². The third kappa shape index (κ3) is 5.12. The topological polar surface area (TPSA) is 61.2 Å². The summed E-state index contributed by atoms with van der Waals surface area (Å²) in [5.41, 5.74) is 2.78. The molecular weight excluding hydrogens is 388 g/mol. The van der Waals surface area contributed by atoms with Crippen LogP contribution in [0.3, 0.4) is 0 Å². The second-order valence-corrected chi connectivity index (χ2v) is 7.47. The van der Waals surface area contributed by atoms with Crippen molar-refractivity contribution in [3.63, 3.8) is 0 Å². The van der Waals surface area contributed by atoms with E-state index in [4.69, 9.17) is 16.3 Å². The molecule has 1 aromatic heterocycles. The molecule has 3 rings (SSSR count). The summed E-state index contributed by atoms with van der Waals surface area (Å²) in [5, 5.41) is 4.90. The van der Waals surface area contributed by atoms with Crippen molar-refractivity contribution in [2.24, 2.45) is 0 Å². The van der Waals surface area contributed by atoms with Crippen LogP contribution in [0.25, 0.3) is 0 Å². The van der Waals surface area contributed by atoms with Gasteiger partial charge in [0.25, 0.3) is 5.56 Å². The molecule has 1 heterocycles. The summed E-state index contributed by atoms with van der Waals surface area (Å²) in [6.07, 6.45) is 0.629. The number of aromatic nitrogens is 2. The number of ketones is 1. The van der Waals surface area contributed by atoms with Crippen molar-refractivity contribution in [2.75, 3.05) is 7.11 Å². The lowest BCUT2D eigenvalue weighted by Gasteiger charge is -2.15. The molecule has 29 heavy (non-hydrogen) atoms. The standard InChI is InChI=1S/C23H23ClN2O3/c1-15-10-19(11-17-7-5-9-21(13-17)29-3)23(28)26(25-15)16(2)22(27)14-18-6-4-8-20(24)12-18/h4-10,12-13,16H,11,14H2,1-3H3. The van der Waals surface area contributed by atoms with Crippen LogP contribution in [-0.4, -0.2) is 22.7 Å². The highest BCUT2D eigenvalue weighted by molar-refractivity contribution is 6.30. The van der Waals surface area contributed by atoms with Gasteiger partial charge < -0.3 is 4.74 Å². The lowest BCUT2D eigenvalue weighted by Crippen LogP contribution is -2.33. The van der Waals surface area contributed by atoms with E-state index in [9.17, 15) is 9.59 Å². The number of nitrogens with zero attached hydrogens (tertiary/aromatic N) is 2. The SMILES string of the molecule is COc1cccc(Cc2cc(C)nn(C(C)C(=O)Cc3cccc(Cl)c3)c2=O)c1. The van der Waals surface area contributed by atoms with Gasteiger partial charge in [-0.2, -0.15) is 5.10 Å². The molecule has 0 saturated carbocycles. The minimum absolute atomic E-state index is 0.0974. The van der Waals surface area contributed by atoms with Gasteiger partial charge in [0, 0.05) is 23.4 Å². The number of benzene rings is 2. The number of ether oxygens (including phenoxy) is 1. The number of hydrogen-bond acceptors (Lipinski definition) is 4. The van der Waals surface area contributed by atoms with E-state index < -0.39 is 6.04 Å². The number of hydrogen-bond donors (Lipinski definition) is 0. The monoisotopic (exact) mass is 410 g/mol. The average molecular weight is 411 g/mol. The van der Waals surface area contributed by atoms with Gasteiger partial charge in [-0.1, -0.05) is 35.9 Å². The van der Waals surface area contributed by atoms with Crippen LogP contribution in [0.15, 0.2) is 59.4 Å². The van der Waals surface area contributed by atoms with Crippen LogP contribution in [0.4, 0.5) is 0 Å². The summed E-state index contributed by atoms with van der Waals surface area (Å²) < 4.78 is 6.54. The van der Waals surface area contributed by atoms with Gasteiger partial charge in [0.1, 0.15) is 11.8 Å². The van der Waals surface area contributed by atoms with E-state index in [1.165, 1.54) is 4.68 Å². The number of carbonyl (C=O) groups is 1. The third-order valence-corrected chi connectivity index (χ3v) is 5.00. The number of Topliss-reactive ketones (excluding diaryl/α,β-unsaturated/α-hetero) is 1. The second kappa shape index (κ2) is 9.05. The van der Waals surface area contributed by atoms with Crippen LogP contribution in [0, 0.1) is 6.92 Å². The molecule has 6 heteroatoms. The Morgan fingerprint density at radius 3 is 2.59 bits per heavy atom. The number of rotatable bonds is 7. The highest BCUT2D eigenvalue weighted by Crippen LogP contribution is 2.17. The van der Waals surface area contributed by atoms with Crippen LogP contribution in [-0.2, 0) is 17.6 Å². The van der Waals surface area contributed by atoms with Crippen molar-refractivity contribution in [1.29, 1.82) is 0 Å². The molecule has 0 aliphatic rings. The van der Waals surface area contributed by atoms with E-state index in [-0.39, 0.29) is 17.8 Å². The van der Waals surface area contributed by atoms with Crippen LogP contribution in [0.5, 0.6) is 5.75 Å². The molecule has 5 nitrogen and oxygen atoms in total. The van der Waals surface area contributed by atoms with E-state index in [0.29, 0.717) is 22.7 Å². The van der Waals surface area contributed by atoms with E-state index in [2.05, 4.69) is 5.10 Å². The third-order valence-electron chi connectivity index (χ3n) is 4.76. The molecule has 0 saturated heterocycles. The highest BCUT2D eigenvalue weighted by Gasteiger charge is 2.20. The molecule has 0 N–H and O–H groups in total. The van der Waals surface area contributed by atoms with Crippen molar-refractivity contribution in [3.8, 4) is 5.75 Å². The van der Waals surface area contributed by atoms with Crippen molar-refractivity contribution in [1.82, 2.24) is 9.78 Å². The van der Waals surface area contributed by atoms with Crippen molar-refractivity contribution in [3.05, 3.63) is 92.4 Å². The lowest BCUT2D eigenvalue weighted by molar-refractivity contribution is -0.121. The molecule has 1 atom stereocenters. The zero-order valence-corrected chi connectivity index (χ0v) is 17.4. The molecule has 0 bridgehead atoms. The Labute approximate surface area is 174 Å². The second-order valence-electron chi connectivity index (χ2n) is 7.04. The van der Waals surface area contributed by atoms with Crippen LogP contribution >= 0.6 is 11.6 Å². The molecule has 150 valence electrons. The van der Waals surface area contributed by atoms with Crippen LogP contribution in [0.2, 0.25) is 5.02 Å². The maximum atomic E-state index is 13.0. The van der Waals surface area contributed by atoms with Gasteiger partial charge in [-0.15, -0.1) is 0 Å². The smallest absolute Gasteiger partial charge is 0.270 e. The summed E-state index contributed by atoms with van der Waals surface area (Å²) in [6.45, 7) is 3.52. The van der Waals surface area contributed by atoms with E-state index in [1.807, 2.05) is 37.3 Å². The number of carbonyl (C=O) groups excluding carboxylic acids is 1. The number of methoxy groups -OCH3 is 1. The summed E-state index contributed by atoms with van der Waals surface area (Å²) in [5.74, 6) is 0.637. The van der Waals surface area contributed by atoms with E-state index in [1.54, 1.807) is 38.3 Å². The lowest BCUT2D eigenvalue weighted by atomic mass is 10.0. The Kier molecular flexibility index (Phi) is 6.49. The molecule has 3 aromatic rings. The largest absolute Gasteiger partial charge is 0.497 e. The van der Waals surface area contributed by atoms with Gasteiger partial charge in [0.15, 0.2) is 5.78 Å². The van der Waals surface area contributed by atoms with Crippen molar-refractivity contribution >= 4 is 17.4 Å². The number of aryl methyl sites for hydroxylation is 1. The number of halogens is 1. The molecule has 0 aliphatic heterocycles. The Morgan fingerprint density at radius 2 is 1.86 bits per heavy atom. The van der Waals surface area contributed by atoms with Gasteiger partial charge in [-0.3, -0.25) is 9.59 Å². The molecule has 0 fully saturated rings. The highest BCUT2D eigenvalue weighted by atomic mass is 35.5. The maximum Gasteiger partial charge on any atom is 0.270 e. The zero-order chi connectivity index (χ0) is 21.0. The predicted molar refractivity (Wildman–Crippen MR) is 114 cm³/mol. The van der Waals surface area contributed by atoms with Gasteiger partial charge in [0.05, 0.1) is 12.8 Å². The Balaban J connectivity index is 1.87. The summed E-state index contributed by atoms with van der Waals surface area (Å²) in [6, 6.07) is 15.8. The predicted octanol–water partition coefficient (Wildman–Crippen LogP) is 4.18. The van der Waals surface area contributed by atoms with Gasteiger partial charge in [-0.25, -0.2) is 4.68 Å². The normalized spacial score (nSPS) is 11.9. The van der Waals surface area contributed by atoms with Crippen LogP contribution in [0.1, 0.15) is 35.3 Å². The first-order valence-corrected chi connectivity index (χ1v) is 9.74. The van der Waals surface area contributed by atoms with Crippen molar-refractivity contribution < 1.29 is 9.53 Å². The summed E-state index contributed by atoms with van der Waals surface area (Å²) in [4.78, 5) is 25.8. The fourth-order valence-electron chi connectivity index (χ4n) is 3.23. The molecule has 0 spiro atoms. The van der Waals surface area contributed by atoms with Crippen LogP contribution < -0.4 is 10.3 Å². The first kappa shape index (κ1) is 20.8. The first-order chi connectivity index (χ1) is 13.9. The molecule has 0 amide bonds. The average Bonchev–Trinajstić information content (AvgIpc) is 2.70. The van der Waals surface area contributed by atoms with E-state index in [0.717, 1.165) is 16.9 Å². The van der Waals surface area contributed by atoms with Gasteiger partial charge in [0.2, 0.25) is 0 Å². The summed E-state index contributed by atoms with van der Waals surface area (Å²) >= 11 is 6.00. The molecule has 1 unspecified atom stereocenters. The molecular formula is C23H23ClN2O3. The minimum Gasteiger partial charge on any atom is -0.497 e. The fraction of sp³-hybridized carbons (Fsp3) is 0.261. The summed E-state index contributed by atoms with van der Waals surface area (Å²) in [7, 11) is 1.61. The Morgan fingerprint density at radius 1 is 1.14 bits per heavy atom. The molecule has 2 aromatic carbocycles. The Bertz CT molecular complexity index is 1090. The maximum absolute atomic E-state index is 13.0. The quantitative estimate of drug-likeness (QED) is 0.586. The van der Waals surface area contributed by atoms with E-state index >= 15 is 0 Å². The van der Waals surface area contributed by atoms with Crippen molar-refractivity contribution in [2.45, 2.75) is 32.7 Å². The zero-order valence-electron chi connectivity index (χ0n) is 16.7. The minimum atomic E-state index is -0.676. The fourth-order valence-corrected chi connectivity index (χ4v) is 3.44.